The van der Waals surface area contributed by atoms with E-state index in [1.807, 2.05) is 0 Å². The van der Waals surface area contributed by atoms with Crippen molar-refractivity contribution >= 4 is 5.91 Å². The third kappa shape index (κ3) is 11.0. The van der Waals surface area contributed by atoms with Gasteiger partial charge >= 0.3 is 0 Å². The predicted molar refractivity (Wildman–Crippen MR) is 94.6 cm³/mol. The van der Waals surface area contributed by atoms with Gasteiger partial charge < -0.3 is 25.3 Å². The fourth-order valence-electron chi connectivity index (χ4n) is 2.63. The highest BCUT2D eigenvalue weighted by Gasteiger charge is 2.26. The molecule has 0 aromatic carbocycles. The first-order chi connectivity index (χ1) is 11.4. The summed E-state index contributed by atoms with van der Waals surface area (Å²) in [6.45, 7) is 1.52. The summed E-state index contributed by atoms with van der Waals surface area (Å²) in [6, 6.07) is 0. The van der Waals surface area contributed by atoms with E-state index in [4.69, 9.17) is 5.11 Å². The van der Waals surface area contributed by atoms with Crippen molar-refractivity contribution in [3.63, 3.8) is 0 Å². The second kappa shape index (κ2) is 14.6. The van der Waals surface area contributed by atoms with Gasteiger partial charge in [-0.3, -0.25) is 4.79 Å². The molecule has 6 heteroatoms. The van der Waals surface area contributed by atoms with Crippen LogP contribution in [0.2, 0.25) is 0 Å². The molecule has 6 nitrogen and oxygen atoms in total. The van der Waals surface area contributed by atoms with Crippen LogP contribution in [0.4, 0.5) is 0 Å². The van der Waals surface area contributed by atoms with Gasteiger partial charge in [-0.15, -0.1) is 0 Å². The van der Waals surface area contributed by atoms with Crippen LogP contribution in [-0.4, -0.2) is 69.7 Å². The number of hydrogen-bond donors (Lipinski definition) is 4. The summed E-state index contributed by atoms with van der Waals surface area (Å²) in [5.41, 5.74) is 0. The Hall–Kier alpha value is -0.690. The molecule has 0 fully saturated rings. The summed E-state index contributed by atoms with van der Waals surface area (Å²) in [5.74, 6) is -0.0808. The molecule has 0 aliphatic rings. The number of aliphatic hydroxyl groups is 4. The quantitative estimate of drug-likeness (QED) is 0.336. The normalized spacial score (nSPS) is 15.1. The van der Waals surface area contributed by atoms with E-state index in [2.05, 4.69) is 6.92 Å². The van der Waals surface area contributed by atoms with Crippen LogP contribution in [0.1, 0.15) is 71.1 Å². The second-order valence-electron chi connectivity index (χ2n) is 6.66. The molecule has 3 atom stereocenters. The fraction of sp³-hybridized carbons (Fsp3) is 0.944. The van der Waals surface area contributed by atoms with E-state index in [0.29, 0.717) is 6.42 Å². The molecule has 0 aliphatic heterocycles. The Morgan fingerprint density at radius 1 is 0.875 bits per heavy atom. The van der Waals surface area contributed by atoms with Gasteiger partial charge in [-0.05, 0) is 6.42 Å². The first kappa shape index (κ1) is 23.3. The zero-order chi connectivity index (χ0) is 18.4. The van der Waals surface area contributed by atoms with Crippen LogP contribution in [0.5, 0.6) is 0 Å². The van der Waals surface area contributed by atoms with Crippen molar-refractivity contribution in [2.45, 2.75) is 89.4 Å². The minimum absolute atomic E-state index is 0.0610. The van der Waals surface area contributed by atoms with Crippen LogP contribution in [0, 0.1) is 0 Å². The lowest BCUT2D eigenvalue weighted by Gasteiger charge is -2.26. The Labute approximate surface area is 146 Å². The summed E-state index contributed by atoms with van der Waals surface area (Å²) in [4.78, 5) is 13.3. The highest BCUT2D eigenvalue weighted by Crippen LogP contribution is 2.11. The number of unbranched alkanes of at least 4 members (excludes halogenated alkanes) is 8. The van der Waals surface area contributed by atoms with Crippen LogP contribution >= 0.6 is 0 Å². The number of aliphatic hydroxyl groups excluding tert-OH is 4. The molecule has 144 valence electrons. The van der Waals surface area contributed by atoms with Crippen LogP contribution in [0.3, 0.4) is 0 Å². The highest BCUT2D eigenvalue weighted by atomic mass is 16.4. The van der Waals surface area contributed by atoms with Crippen LogP contribution in [0.15, 0.2) is 0 Å². The smallest absolute Gasteiger partial charge is 0.222 e. The van der Waals surface area contributed by atoms with Crippen LogP contribution in [-0.2, 0) is 4.79 Å². The lowest BCUT2D eigenvalue weighted by molar-refractivity contribution is -0.134. The van der Waals surface area contributed by atoms with Gasteiger partial charge in [0.2, 0.25) is 5.91 Å². The number of rotatable bonds is 15. The van der Waals surface area contributed by atoms with Crippen molar-refractivity contribution in [2.24, 2.45) is 0 Å². The van der Waals surface area contributed by atoms with Gasteiger partial charge in [-0.2, -0.15) is 0 Å². The third-order valence-electron chi connectivity index (χ3n) is 4.36. The molecule has 0 aromatic rings. The molecule has 0 saturated carbocycles. The monoisotopic (exact) mass is 347 g/mol. The molecule has 4 N–H and O–H groups in total. The summed E-state index contributed by atoms with van der Waals surface area (Å²) in [7, 11) is 1.57. The van der Waals surface area contributed by atoms with Gasteiger partial charge in [-0.1, -0.05) is 58.3 Å². The van der Waals surface area contributed by atoms with E-state index >= 15 is 0 Å². The number of carbonyl (C=O) groups is 1. The third-order valence-corrected chi connectivity index (χ3v) is 4.36. The van der Waals surface area contributed by atoms with E-state index in [9.17, 15) is 20.1 Å². The van der Waals surface area contributed by atoms with E-state index in [-0.39, 0.29) is 12.5 Å². The van der Waals surface area contributed by atoms with E-state index < -0.39 is 24.9 Å². The number of likely N-dealkylation sites (N-methyl/N-ethyl adjacent to an activating group) is 1. The van der Waals surface area contributed by atoms with E-state index in [1.54, 1.807) is 7.05 Å². The maximum atomic E-state index is 12.0. The molecule has 0 bridgehead atoms. The second-order valence-corrected chi connectivity index (χ2v) is 6.66. The van der Waals surface area contributed by atoms with Crippen molar-refractivity contribution in [3.8, 4) is 0 Å². The Kier molecular flexibility index (Phi) is 14.2. The molecule has 3 unspecified atom stereocenters. The topological polar surface area (TPSA) is 101 Å². The number of nitrogens with zero attached hydrogens (tertiary/aromatic N) is 1. The summed E-state index contributed by atoms with van der Waals surface area (Å²) < 4.78 is 0. The molecule has 0 spiro atoms. The van der Waals surface area contributed by atoms with E-state index in [1.165, 1.54) is 43.4 Å². The molecule has 0 rings (SSSR count). The molecular formula is C18H37NO5. The standard InChI is InChI=1S/C18H37NO5/c1-3-4-5-6-7-8-9-10-11-12-17(23)19(2)13-15(21)18(24)16(22)14-20/h15-16,18,20-22,24H,3-14H2,1-2H3. The Balaban J connectivity index is 3.72. The molecule has 0 aliphatic carbocycles. The van der Waals surface area contributed by atoms with E-state index in [0.717, 1.165) is 19.3 Å². The van der Waals surface area contributed by atoms with Gasteiger partial charge in [0.15, 0.2) is 0 Å². The molecule has 0 heterocycles. The molecule has 1 amide bonds. The lowest BCUT2D eigenvalue weighted by Crippen LogP contribution is -2.46. The van der Waals surface area contributed by atoms with Gasteiger partial charge in [0, 0.05) is 20.0 Å². The SMILES string of the molecule is CCCCCCCCCCCC(=O)N(C)CC(O)C(O)C(O)CO. The van der Waals surface area contributed by atoms with Gasteiger partial charge in [0.1, 0.15) is 18.3 Å². The fourth-order valence-corrected chi connectivity index (χ4v) is 2.63. The van der Waals surface area contributed by atoms with Crippen molar-refractivity contribution < 1.29 is 25.2 Å². The summed E-state index contributed by atoms with van der Waals surface area (Å²) >= 11 is 0. The minimum atomic E-state index is -1.46. The number of amides is 1. The lowest BCUT2D eigenvalue weighted by atomic mass is 10.1. The highest BCUT2D eigenvalue weighted by molar-refractivity contribution is 5.75. The molecule has 24 heavy (non-hydrogen) atoms. The van der Waals surface area contributed by atoms with Crippen LogP contribution in [0.25, 0.3) is 0 Å². The zero-order valence-corrected chi connectivity index (χ0v) is 15.4. The van der Waals surface area contributed by atoms with Gasteiger partial charge in [0.25, 0.3) is 0 Å². The number of carbonyl (C=O) groups excluding carboxylic acids is 1. The van der Waals surface area contributed by atoms with Gasteiger partial charge in [0.05, 0.1) is 6.61 Å². The maximum Gasteiger partial charge on any atom is 0.222 e. The Bertz CT molecular complexity index is 314. The van der Waals surface area contributed by atoms with Crippen molar-refractivity contribution in [2.75, 3.05) is 20.2 Å². The summed E-state index contributed by atoms with van der Waals surface area (Å²) in [6.07, 6.45) is 6.99. The summed E-state index contributed by atoms with van der Waals surface area (Å²) in [5, 5.41) is 37.3. The first-order valence-corrected chi connectivity index (χ1v) is 9.33. The van der Waals surface area contributed by atoms with Crippen LogP contribution < -0.4 is 0 Å². The molecule has 0 radical (unpaired) electrons. The van der Waals surface area contributed by atoms with Crippen molar-refractivity contribution in [3.05, 3.63) is 0 Å². The average Bonchev–Trinajstić information content (AvgIpc) is 2.58. The van der Waals surface area contributed by atoms with Crippen molar-refractivity contribution in [1.29, 1.82) is 0 Å². The molecule has 0 saturated heterocycles. The predicted octanol–water partition coefficient (Wildman–Crippen LogP) is 1.44. The minimum Gasteiger partial charge on any atom is -0.394 e. The average molecular weight is 347 g/mol. The zero-order valence-electron chi connectivity index (χ0n) is 15.4. The number of hydrogen-bond acceptors (Lipinski definition) is 5. The first-order valence-electron chi connectivity index (χ1n) is 9.33. The maximum absolute atomic E-state index is 12.0. The largest absolute Gasteiger partial charge is 0.394 e. The molecule has 0 aromatic heterocycles. The Morgan fingerprint density at radius 2 is 1.38 bits per heavy atom. The Morgan fingerprint density at radius 3 is 1.88 bits per heavy atom. The molecular weight excluding hydrogens is 310 g/mol. The van der Waals surface area contributed by atoms with Gasteiger partial charge in [-0.25, -0.2) is 0 Å². The van der Waals surface area contributed by atoms with Crippen molar-refractivity contribution in [1.82, 2.24) is 4.90 Å².